The summed E-state index contributed by atoms with van der Waals surface area (Å²) in [5.74, 6) is 0.514. The molecule has 0 radical (unpaired) electrons. The highest BCUT2D eigenvalue weighted by Gasteiger charge is 2.31. The largest absolute Gasteiger partial charge is 0.294 e. The molecule has 1 atom stereocenters. The van der Waals surface area contributed by atoms with Gasteiger partial charge in [-0.25, -0.2) is 0 Å². The fourth-order valence-electron chi connectivity index (χ4n) is 1.45. The van der Waals surface area contributed by atoms with E-state index in [0.717, 1.165) is 19.3 Å². The molecule has 1 aliphatic rings. The molecule has 0 aromatic carbocycles. The summed E-state index contributed by atoms with van der Waals surface area (Å²) in [6.45, 7) is 0. The lowest BCUT2D eigenvalue weighted by Crippen LogP contribution is -2.31. The van der Waals surface area contributed by atoms with E-state index in [1.54, 1.807) is 0 Å². The fourth-order valence-corrected chi connectivity index (χ4v) is 2.73. The Labute approximate surface area is 72.9 Å². The third kappa shape index (κ3) is 2.86. The van der Waals surface area contributed by atoms with Crippen molar-refractivity contribution in [2.24, 2.45) is 0 Å². The van der Waals surface area contributed by atoms with E-state index in [9.17, 15) is 4.79 Å². The third-order valence-electron chi connectivity index (χ3n) is 2.07. The normalized spacial score (nSPS) is 25.0. The number of rotatable bonds is 1. The van der Waals surface area contributed by atoms with Gasteiger partial charge in [0.25, 0.3) is 0 Å². The van der Waals surface area contributed by atoms with Gasteiger partial charge in [-0.2, -0.15) is 0 Å². The van der Waals surface area contributed by atoms with E-state index >= 15 is 0 Å². The lowest BCUT2D eigenvalue weighted by Gasteiger charge is -2.16. The van der Waals surface area contributed by atoms with Crippen molar-refractivity contribution in [1.82, 2.24) is 0 Å². The number of carbonyl (C=O) groups is 1. The number of hydrogen-bond donors (Lipinski definition) is 0. The van der Waals surface area contributed by atoms with Crippen LogP contribution in [0, 0.1) is 0 Å². The zero-order valence-electron chi connectivity index (χ0n) is 6.72. The first-order chi connectivity index (χ1) is 4.72. The van der Waals surface area contributed by atoms with Gasteiger partial charge < -0.3 is 0 Å². The molecule has 0 amide bonds. The number of hydrogen-bond acceptors (Lipinski definition) is 1. The molecule has 0 N–H and O–H groups in total. The van der Waals surface area contributed by atoms with E-state index in [1.807, 2.05) is 0 Å². The van der Waals surface area contributed by atoms with Crippen LogP contribution in [0.2, 0.25) is 0 Å². The van der Waals surface area contributed by atoms with Gasteiger partial charge in [0.2, 0.25) is 0 Å². The Balaban J connectivity index is 0.000001000. The Bertz CT molecular complexity index is 132. The summed E-state index contributed by atoms with van der Waals surface area (Å²) in [7, 11) is 0.318. The molecule has 1 fully saturated rings. The molecule has 0 aromatic rings. The van der Waals surface area contributed by atoms with Gasteiger partial charge in [0.15, 0.2) is 11.0 Å². The van der Waals surface area contributed by atoms with Crippen molar-refractivity contribution in [3.63, 3.8) is 0 Å². The van der Waals surface area contributed by atoms with Crippen LogP contribution in [0.15, 0.2) is 0 Å². The average molecular weight is 175 g/mol. The second kappa shape index (κ2) is 4.81. The Morgan fingerprint density at radius 3 is 2.36 bits per heavy atom. The first-order valence-corrected chi connectivity index (χ1v) is 5.91. The summed E-state index contributed by atoms with van der Waals surface area (Å²) in [6, 6.07) is 0. The molecule has 1 aliphatic carbocycles. The minimum Gasteiger partial charge on any atom is -0.294 e. The SMILES string of the molecule is C.C[S+](C)C1CCCCC1=O. The maximum absolute atomic E-state index is 11.2. The standard InChI is InChI=1S/C8H15OS.CH4/c1-10(2)8-6-4-3-5-7(8)9;/h8H,3-6H2,1-2H3;1H4/q+1;. The van der Waals surface area contributed by atoms with Crippen molar-refractivity contribution in [3.05, 3.63) is 0 Å². The van der Waals surface area contributed by atoms with Crippen LogP contribution in [0.25, 0.3) is 0 Å². The summed E-state index contributed by atoms with van der Waals surface area (Å²) in [6.07, 6.45) is 8.74. The van der Waals surface area contributed by atoms with Crippen LogP contribution in [0.4, 0.5) is 0 Å². The van der Waals surface area contributed by atoms with Gasteiger partial charge in [0.05, 0.1) is 12.5 Å². The smallest absolute Gasteiger partial charge is 0.184 e. The predicted octanol–water partition coefficient (Wildman–Crippen LogP) is 2.01. The molecule has 0 heterocycles. The summed E-state index contributed by atoms with van der Waals surface area (Å²) >= 11 is 0. The maximum Gasteiger partial charge on any atom is 0.184 e. The molecule has 0 spiro atoms. The third-order valence-corrected chi connectivity index (χ3v) is 3.70. The van der Waals surface area contributed by atoms with Gasteiger partial charge in [-0.3, -0.25) is 4.79 Å². The first-order valence-electron chi connectivity index (χ1n) is 3.81. The van der Waals surface area contributed by atoms with Crippen molar-refractivity contribution >= 4 is 16.7 Å². The zero-order valence-corrected chi connectivity index (χ0v) is 7.54. The molecule has 0 bridgehead atoms. The Kier molecular flexibility index (Phi) is 4.82. The van der Waals surface area contributed by atoms with E-state index < -0.39 is 0 Å². The van der Waals surface area contributed by atoms with Crippen LogP contribution in [0.3, 0.4) is 0 Å². The minimum atomic E-state index is 0. The van der Waals surface area contributed by atoms with Gasteiger partial charge in [-0.15, -0.1) is 0 Å². The zero-order chi connectivity index (χ0) is 7.56. The Hall–Kier alpha value is 0.0200. The second-order valence-electron chi connectivity index (χ2n) is 3.08. The molecule has 1 unspecified atom stereocenters. The highest BCUT2D eigenvalue weighted by Crippen LogP contribution is 2.20. The van der Waals surface area contributed by atoms with E-state index in [0.29, 0.717) is 21.9 Å². The van der Waals surface area contributed by atoms with Crippen molar-refractivity contribution in [2.75, 3.05) is 12.5 Å². The highest BCUT2D eigenvalue weighted by molar-refractivity contribution is 7.96. The summed E-state index contributed by atoms with van der Waals surface area (Å²) in [5.41, 5.74) is 0. The van der Waals surface area contributed by atoms with Crippen LogP contribution < -0.4 is 0 Å². The maximum atomic E-state index is 11.2. The van der Waals surface area contributed by atoms with Crippen LogP contribution in [-0.2, 0) is 15.7 Å². The quantitative estimate of drug-likeness (QED) is 0.557. The van der Waals surface area contributed by atoms with E-state index in [1.165, 1.54) is 6.42 Å². The van der Waals surface area contributed by atoms with Crippen molar-refractivity contribution in [3.8, 4) is 0 Å². The Morgan fingerprint density at radius 1 is 1.36 bits per heavy atom. The minimum absolute atomic E-state index is 0. The summed E-state index contributed by atoms with van der Waals surface area (Å²) in [4.78, 5) is 11.2. The lowest BCUT2D eigenvalue weighted by atomic mass is 9.99. The number of carbonyl (C=O) groups excluding carboxylic acids is 1. The molecule has 11 heavy (non-hydrogen) atoms. The highest BCUT2D eigenvalue weighted by atomic mass is 32.2. The topological polar surface area (TPSA) is 17.1 Å². The second-order valence-corrected chi connectivity index (χ2v) is 5.41. The number of ketones is 1. The first kappa shape index (κ1) is 11.0. The molecular weight excluding hydrogens is 156 g/mol. The van der Waals surface area contributed by atoms with Gasteiger partial charge in [-0.05, 0) is 23.7 Å². The Morgan fingerprint density at radius 2 is 2.00 bits per heavy atom. The summed E-state index contributed by atoms with van der Waals surface area (Å²) in [5, 5.41) is 0.411. The van der Waals surface area contributed by atoms with E-state index in [4.69, 9.17) is 0 Å². The van der Waals surface area contributed by atoms with E-state index in [2.05, 4.69) is 12.5 Å². The molecule has 2 heteroatoms. The van der Waals surface area contributed by atoms with E-state index in [-0.39, 0.29) is 7.43 Å². The van der Waals surface area contributed by atoms with Crippen LogP contribution in [-0.4, -0.2) is 23.5 Å². The van der Waals surface area contributed by atoms with Crippen LogP contribution in [0.1, 0.15) is 33.1 Å². The van der Waals surface area contributed by atoms with Crippen LogP contribution >= 0.6 is 0 Å². The van der Waals surface area contributed by atoms with Crippen molar-refractivity contribution < 1.29 is 4.79 Å². The molecule has 66 valence electrons. The molecule has 0 saturated heterocycles. The van der Waals surface area contributed by atoms with Crippen molar-refractivity contribution in [1.29, 1.82) is 0 Å². The van der Waals surface area contributed by atoms with Crippen molar-refractivity contribution in [2.45, 2.75) is 38.4 Å². The molecule has 0 aliphatic heterocycles. The van der Waals surface area contributed by atoms with Gasteiger partial charge >= 0.3 is 0 Å². The molecule has 1 rings (SSSR count). The lowest BCUT2D eigenvalue weighted by molar-refractivity contribution is -0.119. The van der Waals surface area contributed by atoms with Gasteiger partial charge in [0, 0.05) is 12.8 Å². The monoisotopic (exact) mass is 175 g/mol. The van der Waals surface area contributed by atoms with Crippen LogP contribution in [0.5, 0.6) is 0 Å². The van der Waals surface area contributed by atoms with Gasteiger partial charge in [-0.1, -0.05) is 7.43 Å². The molecule has 0 aromatic heterocycles. The summed E-state index contributed by atoms with van der Waals surface area (Å²) < 4.78 is 0. The molecular formula is C9H19OS+. The molecule has 1 nitrogen and oxygen atoms in total. The van der Waals surface area contributed by atoms with Gasteiger partial charge in [0.1, 0.15) is 0 Å². The average Bonchev–Trinajstić information content (AvgIpc) is 1.88. The fraction of sp³-hybridized carbons (Fsp3) is 0.889. The number of Topliss-reactive ketones (excluding diaryl/α,β-unsaturated/α-hetero) is 1. The predicted molar refractivity (Wildman–Crippen MR) is 53.2 cm³/mol. The molecule has 1 saturated carbocycles.